The highest BCUT2D eigenvalue weighted by Crippen LogP contribution is 2.20. The third-order valence-electron chi connectivity index (χ3n) is 2.42. The number of hydrogen-bond donors (Lipinski definition) is 2. The van der Waals surface area contributed by atoms with E-state index in [0.717, 1.165) is 9.35 Å². The van der Waals surface area contributed by atoms with Crippen molar-refractivity contribution in [3.8, 4) is 0 Å². The molecular formula is C12H11BrFN3OS. The van der Waals surface area contributed by atoms with Gasteiger partial charge in [0.25, 0.3) is 5.91 Å². The fraction of sp³-hybridized carbons (Fsp3) is 0.167. The van der Waals surface area contributed by atoms with Gasteiger partial charge in [0.2, 0.25) is 0 Å². The Kier molecular flexibility index (Phi) is 4.49. The van der Waals surface area contributed by atoms with Crippen molar-refractivity contribution in [3.63, 3.8) is 0 Å². The number of carbonyl (C=O) groups is 1. The number of pyridine rings is 1. The fourth-order valence-corrected chi connectivity index (χ4v) is 2.89. The Morgan fingerprint density at radius 2 is 2.37 bits per heavy atom. The highest BCUT2D eigenvalue weighted by Gasteiger charge is 2.15. The molecule has 100 valence electrons. The molecule has 0 fully saturated rings. The number of aromatic nitrogens is 1. The number of halogens is 2. The van der Waals surface area contributed by atoms with E-state index in [4.69, 9.17) is 0 Å². The number of rotatable bonds is 4. The van der Waals surface area contributed by atoms with Crippen LogP contribution in [-0.4, -0.2) is 17.9 Å². The van der Waals surface area contributed by atoms with Crippen LogP contribution in [0.4, 0.5) is 10.2 Å². The molecule has 1 amide bonds. The lowest BCUT2D eigenvalue weighted by atomic mass is 10.2. The van der Waals surface area contributed by atoms with Gasteiger partial charge in [0.05, 0.1) is 12.1 Å². The Bertz CT molecular complexity index is 602. The Hall–Kier alpha value is -1.47. The monoisotopic (exact) mass is 343 g/mol. The highest BCUT2D eigenvalue weighted by atomic mass is 79.9. The van der Waals surface area contributed by atoms with Gasteiger partial charge in [0, 0.05) is 28.0 Å². The molecule has 19 heavy (non-hydrogen) atoms. The highest BCUT2D eigenvalue weighted by molar-refractivity contribution is 9.10. The maximum atomic E-state index is 13.9. The van der Waals surface area contributed by atoms with Crippen LogP contribution in [0, 0.1) is 5.82 Å². The number of nitrogens with zero attached hydrogens (tertiary/aromatic N) is 1. The van der Waals surface area contributed by atoms with E-state index in [1.165, 1.54) is 23.6 Å². The molecule has 0 aliphatic rings. The molecule has 0 bridgehead atoms. The van der Waals surface area contributed by atoms with Crippen molar-refractivity contribution in [2.75, 3.05) is 12.4 Å². The van der Waals surface area contributed by atoms with E-state index in [2.05, 4.69) is 31.5 Å². The minimum atomic E-state index is -0.644. The molecule has 0 saturated heterocycles. The van der Waals surface area contributed by atoms with Crippen molar-refractivity contribution >= 4 is 39.0 Å². The summed E-state index contributed by atoms with van der Waals surface area (Å²) >= 11 is 4.85. The molecular weight excluding hydrogens is 333 g/mol. The second-order valence-electron chi connectivity index (χ2n) is 3.69. The molecule has 0 saturated carbocycles. The van der Waals surface area contributed by atoms with Crippen LogP contribution in [-0.2, 0) is 6.54 Å². The number of thiophene rings is 1. The summed E-state index contributed by atoms with van der Waals surface area (Å²) in [6.07, 6.45) is 1.39. The lowest BCUT2D eigenvalue weighted by Gasteiger charge is -2.07. The summed E-state index contributed by atoms with van der Waals surface area (Å²) in [7, 11) is 1.55. The normalized spacial score (nSPS) is 10.3. The second kappa shape index (κ2) is 6.12. The molecule has 2 heterocycles. The lowest BCUT2D eigenvalue weighted by molar-refractivity contribution is 0.0947. The topological polar surface area (TPSA) is 54.0 Å². The van der Waals surface area contributed by atoms with Crippen LogP contribution in [0.25, 0.3) is 0 Å². The van der Waals surface area contributed by atoms with Crippen molar-refractivity contribution in [2.24, 2.45) is 0 Å². The van der Waals surface area contributed by atoms with Crippen molar-refractivity contribution in [3.05, 3.63) is 44.4 Å². The molecule has 2 rings (SSSR count). The number of amides is 1. The van der Waals surface area contributed by atoms with Gasteiger partial charge in [-0.1, -0.05) is 0 Å². The van der Waals surface area contributed by atoms with E-state index in [0.29, 0.717) is 6.54 Å². The Balaban J connectivity index is 2.08. The van der Waals surface area contributed by atoms with Gasteiger partial charge in [-0.05, 0) is 28.1 Å². The Labute approximate surface area is 122 Å². The zero-order valence-corrected chi connectivity index (χ0v) is 12.4. The molecule has 2 N–H and O–H groups in total. The van der Waals surface area contributed by atoms with Crippen molar-refractivity contribution in [1.29, 1.82) is 0 Å². The standard InChI is InChI=1S/C12H11BrFN3OS/c1-15-11-10(14)9(2-3-16-11)12(18)17-5-8-4-7(13)6-19-8/h2-4,6H,5H2,1H3,(H,15,16)(H,17,18). The van der Waals surface area contributed by atoms with E-state index in [1.54, 1.807) is 7.05 Å². The largest absolute Gasteiger partial charge is 0.371 e. The van der Waals surface area contributed by atoms with E-state index in [-0.39, 0.29) is 11.4 Å². The summed E-state index contributed by atoms with van der Waals surface area (Å²) in [6.45, 7) is 0.367. The molecule has 0 unspecified atom stereocenters. The van der Waals surface area contributed by atoms with Crippen molar-refractivity contribution < 1.29 is 9.18 Å². The second-order valence-corrected chi connectivity index (χ2v) is 5.60. The maximum absolute atomic E-state index is 13.9. The van der Waals surface area contributed by atoms with Gasteiger partial charge in [-0.3, -0.25) is 4.79 Å². The third kappa shape index (κ3) is 3.30. The van der Waals surface area contributed by atoms with Crippen LogP contribution in [0.5, 0.6) is 0 Å². The number of anilines is 1. The van der Waals surface area contributed by atoms with Crippen LogP contribution in [0.15, 0.2) is 28.2 Å². The minimum Gasteiger partial charge on any atom is -0.371 e. The summed E-state index contributed by atoms with van der Waals surface area (Å²) in [4.78, 5) is 16.7. The van der Waals surface area contributed by atoms with E-state index < -0.39 is 11.7 Å². The average Bonchev–Trinajstić information content (AvgIpc) is 2.82. The molecule has 0 aliphatic heterocycles. The Morgan fingerprint density at radius 1 is 1.58 bits per heavy atom. The number of hydrogen-bond acceptors (Lipinski definition) is 4. The van der Waals surface area contributed by atoms with Gasteiger partial charge in [-0.25, -0.2) is 9.37 Å². The molecule has 0 atom stereocenters. The van der Waals surface area contributed by atoms with Gasteiger partial charge >= 0.3 is 0 Å². The van der Waals surface area contributed by atoms with Gasteiger partial charge in [-0.15, -0.1) is 11.3 Å². The fourth-order valence-electron chi connectivity index (χ4n) is 1.50. The summed E-state index contributed by atoms with van der Waals surface area (Å²) in [5, 5.41) is 7.20. The van der Waals surface area contributed by atoms with Crippen molar-refractivity contribution in [1.82, 2.24) is 10.3 Å². The molecule has 0 spiro atoms. The van der Waals surface area contributed by atoms with Crippen LogP contribution >= 0.6 is 27.3 Å². The Morgan fingerprint density at radius 3 is 3.00 bits per heavy atom. The van der Waals surface area contributed by atoms with E-state index in [1.807, 2.05) is 11.4 Å². The third-order valence-corrected chi connectivity index (χ3v) is 4.11. The molecule has 2 aromatic rings. The van der Waals surface area contributed by atoms with Crippen LogP contribution < -0.4 is 10.6 Å². The summed E-state index contributed by atoms with van der Waals surface area (Å²) < 4.78 is 14.8. The molecule has 2 aromatic heterocycles. The van der Waals surface area contributed by atoms with Crippen LogP contribution in [0.1, 0.15) is 15.2 Å². The molecule has 0 aromatic carbocycles. The first-order chi connectivity index (χ1) is 9.11. The van der Waals surface area contributed by atoms with Crippen LogP contribution in [0.2, 0.25) is 0 Å². The zero-order chi connectivity index (χ0) is 13.8. The quantitative estimate of drug-likeness (QED) is 0.897. The van der Waals surface area contributed by atoms with Gasteiger partial charge in [0.1, 0.15) is 0 Å². The van der Waals surface area contributed by atoms with Gasteiger partial charge in [-0.2, -0.15) is 0 Å². The molecule has 4 nitrogen and oxygen atoms in total. The van der Waals surface area contributed by atoms with Gasteiger partial charge in [0.15, 0.2) is 11.6 Å². The first-order valence-electron chi connectivity index (χ1n) is 5.45. The van der Waals surface area contributed by atoms with E-state index >= 15 is 0 Å². The first-order valence-corrected chi connectivity index (χ1v) is 7.12. The molecule has 0 radical (unpaired) electrons. The zero-order valence-electron chi connectivity index (χ0n) is 10.0. The summed E-state index contributed by atoms with van der Waals surface area (Å²) in [5.41, 5.74) is -0.0185. The number of nitrogens with one attached hydrogen (secondary N) is 2. The predicted octanol–water partition coefficient (Wildman–Crippen LogP) is 3.02. The molecule has 0 aliphatic carbocycles. The average molecular weight is 344 g/mol. The molecule has 7 heteroatoms. The first kappa shape index (κ1) is 14.0. The summed E-state index contributed by atoms with van der Waals surface area (Å²) in [6, 6.07) is 3.27. The van der Waals surface area contributed by atoms with Gasteiger partial charge < -0.3 is 10.6 Å². The minimum absolute atomic E-state index is 0.0185. The summed E-state index contributed by atoms with van der Waals surface area (Å²) in [5.74, 6) is -1.04. The maximum Gasteiger partial charge on any atom is 0.254 e. The predicted molar refractivity (Wildman–Crippen MR) is 76.9 cm³/mol. The van der Waals surface area contributed by atoms with Crippen molar-refractivity contribution in [2.45, 2.75) is 6.54 Å². The van der Waals surface area contributed by atoms with Crippen LogP contribution in [0.3, 0.4) is 0 Å². The van der Waals surface area contributed by atoms with E-state index in [9.17, 15) is 9.18 Å². The number of carbonyl (C=O) groups excluding carboxylic acids is 1. The lowest BCUT2D eigenvalue weighted by Crippen LogP contribution is -2.24. The SMILES string of the molecule is CNc1nccc(C(=O)NCc2cc(Br)cs2)c1F. The smallest absolute Gasteiger partial charge is 0.254 e.